The van der Waals surface area contributed by atoms with Crippen LogP contribution in [0.1, 0.15) is 6.42 Å². The van der Waals surface area contributed by atoms with Crippen LogP contribution in [-0.4, -0.2) is 11.6 Å². The molecule has 0 aromatic heterocycles. The lowest BCUT2D eigenvalue weighted by Crippen LogP contribution is -2.45. The standard InChI is InChI=1S/C8H7N3/c9-4-8(5-10)6-1-2-7(3-6)11-8/h1-2,6-7,11H,3H2. The summed E-state index contributed by atoms with van der Waals surface area (Å²) >= 11 is 0. The van der Waals surface area contributed by atoms with Crippen molar-refractivity contribution in [2.45, 2.75) is 18.0 Å². The SMILES string of the molecule is N#CC1(C#N)NC2C=CC1C2. The quantitative estimate of drug-likeness (QED) is 0.499. The van der Waals surface area contributed by atoms with Crippen LogP contribution in [0.4, 0.5) is 0 Å². The largest absolute Gasteiger partial charge is 0.281 e. The zero-order valence-electron chi connectivity index (χ0n) is 5.91. The molecule has 2 unspecified atom stereocenters. The van der Waals surface area contributed by atoms with Gasteiger partial charge in [-0.15, -0.1) is 0 Å². The first-order valence-corrected chi connectivity index (χ1v) is 3.59. The summed E-state index contributed by atoms with van der Waals surface area (Å²) in [4.78, 5) is 0. The van der Waals surface area contributed by atoms with Gasteiger partial charge in [-0.05, 0) is 6.42 Å². The molecule has 1 aliphatic heterocycles. The van der Waals surface area contributed by atoms with Crippen LogP contribution in [-0.2, 0) is 0 Å². The van der Waals surface area contributed by atoms with Crippen molar-refractivity contribution in [3.63, 3.8) is 0 Å². The minimum atomic E-state index is -0.931. The van der Waals surface area contributed by atoms with E-state index in [1.54, 1.807) is 0 Å². The highest BCUT2D eigenvalue weighted by Gasteiger charge is 2.49. The Hall–Kier alpha value is -1.32. The van der Waals surface area contributed by atoms with Crippen molar-refractivity contribution in [1.82, 2.24) is 5.32 Å². The molecule has 2 atom stereocenters. The van der Waals surface area contributed by atoms with Crippen molar-refractivity contribution in [2.24, 2.45) is 5.92 Å². The zero-order valence-corrected chi connectivity index (χ0v) is 5.91. The van der Waals surface area contributed by atoms with E-state index in [9.17, 15) is 0 Å². The van der Waals surface area contributed by atoms with Crippen LogP contribution < -0.4 is 5.32 Å². The Balaban J connectivity index is 2.40. The third-order valence-electron chi connectivity index (χ3n) is 2.41. The fourth-order valence-corrected chi connectivity index (χ4v) is 1.78. The van der Waals surface area contributed by atoms with E-state index in [4.69, 9.17) is 10.5 Å². The van der Waals surface area contributed by atoms with Crippen molar-refractivity contribution < 1.29 is 0 Å². The second kappa shape index (κ2) is 1.84. The van der Waals surface area contributed by atoms with E-state index in [-0.39, 0.29) is 12.0 Å². The maximum atomic E-state index is 8.77. The van der Waals surface area contributed by atoms with Crippen LogP contribution in [0.3, 0.4) is 0 Å². The minimum absolute atomic E-state index is 0.0995. The molecular weight excluding hydrogens is 138 g/mol. The Morgan fingerprint density at radius 2 is 2.09 bits per heavy atom. The predicted molar refractivity (Wildman–Crippen MR) is 38.1 cm³/mol. The van der Waals surface area contributed by atoms with Gasteiger partial charge in [-0.25, -0.2) is 0 Å². The molecule has 1 aliphatic carbocycles. The average molecular weight is 145 g/mol. The van der Waals surface area contributed by atoms with Gasteiger partial charge < -0.3 is 0 Å². The average Bonchev–Trinajstić information content (AvgIpc) is 2.62. The topological polar surface area (TPSA) is 59.6 Å². The van der Waals surface area contributed by atoms with Crippen LogP contribution in [0.25, 0.3) is 0 Å². The highest BCUT2D eigenvalue weighted by Crippen LogP contribution is 2.36. The summed E-state index contributed by atoms with van der Waals surface area (Å²) in [7, 11) is 0. The lowest BCUT2D eigenvalue weighted by Gasteiger charge is -2.20. The molecule has 0 spiro atoms. The number of fused-ring (bicyclic) bond motifs is 2. The van der Waals surface area contributed by atoms with Crippen molar-refractivity contribution in [3.8, 4) is 12.1 Å². The van der Waals surface area contributed by atoms with Gasteiger partial charge in [0.05, 0.1) is 0 Å². The van der Waals surface area contributed by atoms with Gasteiger partial charge in [0.2, 0.25) is 5.54 Å². The molecule has 3 heteroatoms. The second-order valence-electron chi connectivity index (χ2n) is 3.01. The number of nitriles is 2. The summed E-state index contributed by atoms with van der Waals surface area (Å²) in [6, 6.07) is 4.32. The van der Waals surface area contributed by atoms with Gasteiger partial charge in [-0.2, -0.15) is 10.5 Å². The lowest BCUT2D eigenvalue weighted by molar-refractivity contribution is 0.499. The Morgan fingerprint density at radius 3 is 2.36 bits per heavy atom. The monoisotopic (exact) mass is 145 g/mol. The molecule has 2 rings (SSSR count). The maximum Gasteiger partial charge on any atom is 0.200 e. The molecule has 0 amide bonds. The summed E-state index contributed by atoms with van der Waals surface area (Å²) in [5.74, 6) is 0.0995. The van der Waals surface area contributed by atoms with Crippen LogP contribution in [0.5, 0.6) is 0 Å². The van der Waals surface area contributed by atoms with Gasteiger partial charge >= 0.3 is 0 Å². The number of hydrogen-bond donors (Lipinski definition) is 1. The van der Waals surface area contributed by atoms with Gasteiger partial charge in [0, 0.05) is 12.0 Å². The third-order valence-corrected chi connectivity index (χ3v) is 2.41. The van der Waals surface area contributed by atoms with Crippen molar-refractivity contribution in [2.75, 3.05) is 0 Å². The van der Waals surface area contributed by atoms with Crippen LogP contribution in [0.2, 0.25) is 0 Å². The summed E-state index contributed by atoms with van der Waals surface area (Å²) in [5.41, 5.74) is -0.931. The molecule has 0 saturated carbocycles. The lowest BCUT2D eigenvalue weighted by atomic mass is 9.89. The first kappa shape index (κ1) is 6.39. The van der Waals surface area contributed by atoms with Crippen molar-refractivity contribution >= 4 is 0 Å². The smallest absolute Gasteiger partial charge is 0.200 e. The molecule has 1 fully saturated rings. The first-order valence-electron chi connectivity index (χ1n) is 3.59. The summed E-state index contributed by atoms with van der Waals surface area (Å²) in [5, 5.41) is 20.5. The Bertz CT molecular complexity index is 277. The Morgan fingerprint density at radius 1 is 1.36 bits per heavy atom. The molecule has 1 N–H and O–H groups in total. The summed E-state index contributed by atoms with van der Waals surface area (Å²) < 4.78 is 0. The molecule has 1 saturated heterocycles. The van der Waals surface area contributed by atoms with E-state index in [2.05, 4.69) is 5.32 Å². The van der Waals surface area contributed by atoms with E-state index in [1.165, 1.54) is 0 Å². The maximum absolute atomic E-state index is 8.77. The molecule has 1 heterocycles. The molecule has 54 valence electrons. The number of rotatable bonds is 0. The van der Waals surface area contributed by atoms with Crippen LogP contribution in [0, 0.1) is 28.6 Å². The molecule has 2 aliphatic rings. The molecule has 3 nitrogen and oxygen atoms in total. The Labute approximate surface area is 64.9 Å². The van der Waals surface area contributed by atoms with Gasteiger partial charge in [-0.3, -0.25) is 5.32 Å². The molecule has 11 heavy (non-hydrogen) atoms. The fraction of sp³-hybridized carbons (Fsp3) is 0.500. The Kier molecular flexibility index (Phi) is 1.07. The molecule has 0 aromatic carbocycles. The van der Waals surface area contributed by atoms with Crippen LogP contribution >= 0.6 is 0 Å². The molecule has 0 radical (unpaired) electrons. The van der Waals surface area contributed by atoms with Gasteiger partial charge in [0.25, 0.3) is 0 Å². The van der Waals surface area contributed by atoms with Gasteiger partial charge in [0.1, 0.15) is 12.1 Å². The van der Waals surface area contributed by atoms with Crippen LogP contribution in [0.15, 0.2) is 12.2 Å². The molecular formula is C8H7N3. The van der Waals surface area contributed by atoms with Crippen molar-refractivity contribution in [1.29, 1.82) is 10.5 Å². The molecule has 0 aromatic rings. The van der Waals surface area contributed by atoms with Gasteiger partial charge in [0.15, 0.2) is 0 Å². The second-order valence-corrected chi connectivity index (χ2v) is 3.01. The zero-order chi connectivity index (χ0) is 7.90. The van der Waals surface area contributed by atoms with Gasteiger partial charge in [-0.1, -0.05) is 12.2 Å². The third kappa shape index (κ3) is 0.636. The number of nitrogens with zero attached hydrogens (tertiary/aromatic N) is 2. The first-order chi connectivity index (χ1) is 5.30. The summed E-state index contributed by atoms with van der Waals surface area (Å²) in [6.45, 7) is 0. The highest BCUT2D eigenvalue weighted by molar-refractivity contribution is 5.36. The normalized spacial score (nSPS) is 36.5. The highest BCUT2D eigenvalue weighted by atomic mass is 15.1. The number of nitrogens with one attached hydrogen (secondary N) is 1. The summed E-state index contributed by atoms with van der Waals surface area (Å²) in [6.07, 6.45) is 4.90. The van der Waals surface area contributed by atoms with E-state index >= 15 is 0 Å². The van der Waals surface area contributed by atoms with E-state index < -0.39 is 5.54 Å². The number of hydrogen-bond acceptors (Lipinski definition) is 3. The predicted octanol–water partition coefficient (Wildman–Crippen LogP) is 0.320. The molecule has 2 bridgehead atoms. The van der Waals surface area contributed by atoms with E-state index in [0.29, 0.717) is 0 Å². The van der Waals surface area contributed by atoms with E-state index in [0.717, 1.165) is 6.42 Å². The van der Waals surface area contributed by atoms with E-state index in [1.807, 2.05) is 24.3 Å². The van der Waals surface area contributed by atoms with Crippen molar-refractivity contribution in [3.05, 3.63) is 12.2 Å². The fourth-order valence-electron chi connectivity index (χ4n) is 1.78. The minimum Gasteiger partial charge on any atom is -0.281 e.